The van der Waals surface area contributed by atoms with Crippen molar-refractivity contribution in [1.82, 2.24) is 5.32 Å². The zero-order chi connectivity index (χ0) is 14.3. The normalized spacial score (nSPS) is 12.3. The second kappa shape index (κ2) is 7.79. The molecule has 19 heavy (non-hydrogen) atoms. The molecule has 0 aromatic heterocycles. The summed E-state index contributed by atoms with van der Waals surface area (Å²) in [6.07, 6.45) is 1.86. The van der Waals surface area contributed by atoms with E-state index in [0.717, 1.165) is 18.4 Å². The van der Waals surface area contributed by atoms with Crippen molar-refractivity contribution in [3.63, 3.8) is 0 Å². The molecule has 4 heteroatoms. The summed E-state index contributed by atoms with van der Waals surface area (Å²) >= 11 is 0. The fourth-order valence-electron chi connectivity index (χ4n) is 1.89. The van der Waals surface area contributed by atoms with E-state index in [1.165, 1.54) is 0 Å². The third-order valence-electron chi connectivity index (χ3n) is 3.12. The molecule has 0 bridgehead atoms. The van der Waals surface area contributed by atoms with Crippen LogP contribution in [0, 0.1) is 0 Å². The summed E-state index contributed by atoms with van der Waals surface area (Å²) in [6.45, 7) is 6.04. The number of nitrogens with two attached hydrogens (primary N) is 1. The molecule has 0 aliphatic rings. The lowest BCUT2D eigenvalue weighted by Crippen LogP contribution is -2.37. The molecule has 1 rings (SSSR count). The van der Waals surface area contributed by atoms with Crippen molar-refractivity contribution in [2.24, 2.45) is 5.73 Å². The highest BCUT2D eigenvalue weighted by Gasteiger charge is 2.11. The number of para-hydroxylation sites is 1. The second-order valence-corrected chi connectivity index (χ2v) is 4.70. The summed E-state index contributed by atoms with van der Waals surface area (Å²) in [4.78, 5) is 11.8. The molecule has 3 N–H and O–H groups in total. The van der Waals surface area contributed by atoms with Crippen LogP contribution in [0.3, 0.4) is 0 Å². The van der Waals surface area contributed by atoms with Gasteiger partial charge in [0.1, 0.15) is 5.75 Å². The number of nitrogens with one attached hydrogen (secondary N) is 1. The number of rotatable bonds is 7. The van der Waals surface area contributed by atoms with Gasteiger partial charge in [-0.3, -0.25) is 4.79 Å². The average Bonchev–Trinajstić information content (AvgIpc) is 2.42. The maximum absolute atomic E-state index is 11.8. The van der Waals surface area contributed by atoms with E-state index >= 15 is 0 Å². The molecule has 0 saturated heterocycles. The number of benzene rings is 1. The topological polar surface area (TPSA) is 64.3 Å². The number of carbonyl (C=O) groups is 1. The largest absolute Gasteiger partial charge is 0.483 e. The van der Waals surface area contributed by atoms with Crippen LogP contribution in [0.15, 0.2) is 24.3 Å². The van der Waals surface area contributed by atoms with Crippen LogP contribution in [0.1, 0.15) is 45.2 Å². The molecule has 106 valence electrons. The zero-order valence-corrected chi connectivity index (χ0v) is 12.0. The van der Waals surface area contributed by atoms with E-state index < -0.39 is 0 Å². The molecule has 1 aromatic carbocycles. The lowest BCUT2D eigenvalue weighted by Gasteiger charge is -2.16. The number of amides is 1. The van der Waals surface area contributed by atoms with Crippen LogP contribution in [-0.2, 0) is 4.79 Å². The number of hydrogen-bond acceptors (Lipinski definition) is 3. The maximum atomic E-state index is 11.8. The van der Waals surface area contributed by atoms with E-state index in [9.17, 15) is 4.79 Å². The predicted octanol–water partition coefficient (Wildman–Crippen LogP) is 2.39. The highest BCUT2D eigenvalue weighted by Crippen LogP contribution is 2.22. The van der Waals surface area contributed by atoms with Gasteiger partial charge in [-0.25, -0.2) is 0 Å². The Morgan fingerprint density at radius 1 is 1.32 bits per heavy atom. The number of carbonyl (C=O) groups excluding carboxylic acids is 1. The van der Waals surface area contributed by atoms with Crippen LogP contribution < -0.4 is 15.8 Å². The molecule has 0 heterocycles. The smallest absolute Gasteiger partial charge is 0.258 e. The third kappa shape index (κ3) is 4.91. The van der Waals surface area contributed by atoms with E-state index in [-0.39, 0.29) is 24.6 Å². The second-order valence-electron chi connectivity index (χ2n) is 4.70. The summed E-state index contributed by atoms with van der Waals surface area (Å²) in [5, 5.41) is 2.94. The molecule has 0 unspecified atom stereocenters. The molecular weight excluding hydrogens is 240 g/mol. The van der Waals surface area contributed by atoms with Crippen molar-refractivity contribution >= 4 is 5.91 Å². The lowest BCUT2D eigenvalue weighted by molar-refractivity contribution is -0.123. The van der Waals surface area contributed by atoms with Gasteiger partial charge in [-0.15, -0.1) is 0 Å². The Morgan fingerprint density at radius 2 is 1.95 bits per heavy atom. The molecule has 0 spiro atoms. The van der Waals surface area contributed by atoms with Gasteiger partial charge in [0.05, 0.1) is 0 Å². The van der Waals surface area contributed by atoms with Crippen molar-refractivity contribution in [3.8, 4) is 5.75 Å². The highest BCUT2D eigenvalue weighted by molar-refractivity contribution is 5.77. The zero-order valence-electron chi connectivity index (χ0n) is 12.0. The average molecular weight is 264 g/mol. The van der Waals surface area contributed by atoms with Crippen LogP contribution in [0.4, 0.5) is 0 Å². The minimum atomic E-state index is -0.113. The fourth-order valence-corrected chi connectivity index (χ4v) is 1.89. The molecule has 0 radical (unpaired) electrons. The van der Waals surface area contributed by atoms with Crippen LogP contribution in [-0.4, -0.2) is 18.6 Å². The molecular formula is C15H24N2O2. The van der Waals surface area contributed by atoms with Crippen LogP contribution >= 0.6 is 0 Å². The fraction of sp³-hybridized carbons (Fsp3) is 0.533. The summed E-state index contributed by atoms with van der Waals surface area (Å²) in [7, 11) is 0. The van der Waals surface area contributed by atoms with Crippen LogP contribution in [0.2, 0.25) is 0 Å². The van der Waals surface area contributed by atoms with E-state index in [1.807, 2.05) is 31.2 Å². The Kier molecular flexibility index (Phi) is 6.36. The SMILES string of the molecule is CCC(CC)NC(=O)COc1ccccc1[C@H](C)N. The Bertz CT molecular complexity index is 401. The molecule has 4 nitrogen and oxygen atoms in total. The molecule has 0 aliphatic heterocycles. The molecule has 0 fully saturated rings. The predicted molar refractivity (Wildman–Crippen MR) is 77.1 cm³/mol. The monoisotopic (exact) mass is 264 g/mol. The molecule has 1 aromatic rings. The minimum absolute atomic E-state index is 0.0280. The van der Waals surface area contributed by atoms with E-state index in [2.05, 4.69) is 19.2 Å². The van der Waals surface area contributed by atoms with Crippen LogP contribution in [0.5, 0.6) is 5.75 Å². The quantitative estimate of drug-likeness (QED) is 0.794. The first-order chi connectivity index (χ1) is 9.08. The van der Waals surface area contributed by atoms with Gasteiger partial charge >= 0.3 is 0 Å². The first-order valence-electron chi connectivity index (χ1n) is 6.85. The van der Waals surface area contributed by atoms with Gasteiger partial charge in [-0.1, -0.05) is 32.0 Å². The van der Waals surface area contributed by atoms with Gasteiger partial charge in [0.15, 0.2) is 6.61 Å². The third-order valence-corrected chi connectivity index (χ3v) is 3.12. The summed E-state index contributed by atoms with van der Waals surface area (Å²) < 4.78 is 5.56. The van der Waals surface area contributed by atoms with Gasteiger partial charge in [-0.05, 0) is 25.8 Å². The Morgan fingerprint density at radius 3 is 2.53 bits per heavy atom. The molecule has 0 aliphatic carbocycles. The van der Waals surface area contributed by atoms with Crippen LogP contribution in [0.25, 0.3) is 0 Å². The van der Waals surface area contributed by atoms with E-state index in [4.69, 9.17) is 10.5 Å². The lowest BCUT2D eigenvalue weighted by atomic mass is 10.1. The Hall–Kier alpha value is -1.55. The van der Waals surface area contributed by atoms with Gasteiger partial charge in [0.25, 0.3) is 5.91 Å². The molecule has 0 saturated carbocycles. The van der Waals surface area contributed by atoms with Gasteiger partial charge in [-0.2, -0.15) is 0 Å². The summed E-state index contributed by atoms with van der Waals surface area (Å²) in [5.41, 5.74) is 6.78. The Balaban J connectivity index is 2.55. The van der Waals surface area contributed by atoms with Crippen molar-refractivity contribution in [2.45, 2.75) is 45.7 Å². The molecule has 1 amide bonds. The van der Waals surface area contributed by atoms with Crippen molar-refractivity contribution in [3.05, 3.63) is 29.8 Å². The Labute approximate surface area is 115 Å². The van der Waals surface area contributed by atoms with Gasteiger partial charge < -0.3 is 15.8 Å². The number of hydrogen-bond donors (Lipinski definition) is 2. The number of ether oxygens (including phenoxy) is 1. The standard InChI is InChI=1S/C15H24N2O2/c1-4-12(5-2)17-15(18)10-19-14-9-7-6-8-13(14)11(3)16/h6-9,11-12H,4-5,10,16H2,1-3H3,(H,17,18)/t11-/m0/s1. The molecule has 1 atom stereocenters. The van der Waals surface area contributed by atoms with Crippen molar-refractivity contribution in [2.75, 3.05) is 6.61 Å². The van der Waals surface area contributed by atoms with E-state index in [0.29, 0.717) is 5.75 Å². The maximum Gasteiger partial charge on any atom is 0.258 e. The van der Waals surface area contributed by atoms with Gasteiger partial charge in [0, 0.05) is 17.6 Å². The van der Waals surface area contributed by atoms with Crippen molar-refractivity contribution in [1.29, 1.82) is 0 Å². The van der Waals surface area contributed by atoms with Gasteiger partial charge in [0.2, 0.25) is 0 Å². The van der Waals surface area contributed by atoms with E-state index in [1.54, 1.807) is 0 Å². The first kappa shape index (κ1) is 15.5. The minimum Gasteiger partial charge on any atom is -0.483 e. The summed E-state index contributed by atoms with van der Waals surface area (Å²) in [5.74, 6) is 0.588. The highest BCUT2D eigenvalue weighted by atomic mass is 16.5. The summed E-state index contributed by atoms with van der Waals surface area (Å²) in [6, 6.07) is 7.65. The first-order valence-corrected chi connectivity index (χ1v) is 6.85. The van der Waals surface area contributed by atoms with Crippen molar-refractivity contribution < 1.29 is 9.53 Å².